The normalized spacial score (nSPS) is 20.8. The number of hydrogen-bond acceptors (Lipinski definition) is 6. The minimum Gasteiger partial charge on any atom is -0.479 e. The van der Waals surface area contributed by atoms with Crippen LogP contribution in [0.1, 0.15) is 38.4 Å². The number of hydrogen-bond donors (Lipinski definition) is 2. The van der Waals surface area contributed by atoms with Gasteiger partial charge < -0.3 is 19.7 Å². The Balaban J connectivity index is 1.54. The molecule has 0 bridgehead atoms. The molecule has 0 saturated heterocycles. The van der Waals surface area contributed by atoms with Crippen LogP contribution in [0.4, 0.5) is 14.7 Å². The van der Waals surface area contributed by atoms with Gasteiger partial charge in [0, 0.05) is 17.8 Å². The number of nitrogens with zero attached hydrogens (tertiary/aromatic N) is 5. The van der Waals surface area contributed by atoms with E-state index in [0.717, 1.165) is 12.8 Å². The van der Waals surface area contributed by atoms with Crippen molar-refractivity contribution in [3.05, 3.63) is 36.0 Å². The van der Waals surface area contributed by atoms with Gasteiger partial charge in [-0.3, -0.25) is 0 Å². The summed E-state index contributed by atoms with van der Waals surface area (Å²) in [5.41, 5.74) is 2.04. The van der Waals surface area contributed by atoms with Gasteiger partial charge in [0.25, 0.3) is 0 Å². The number of fused-ring (bicyclic) bond motifs is 2. The third-order valence-electron chi connectivity index (χ3n) is 6.69. The van der Waals surface area contributed by atoms with E-state index in [1.54, 1.807) is 22.2 Å². The molecule has 3 heterocycles. The topological polar surface area (TPSA) is 89.5 Å². The molecule has 5 rings (SSSR count). The number of imidazole rings is 1. The van der Waals surface area contributed by atoms with Crippen LogP contribution in [0.2, 0.25) is 0 Å². The highest BCUT2D eigenvalue weighted by Gasteiger charge is 2.29. The van der Waals surface area contributed by atoms with Gasteiger partial charge in [-0.15, -0.1) is 5.10 Å². The molecule has 1 fully saturated rings. The first-order chi connectivity index (χ1) is 16.3. The Labute approximate surface area is 195 Å². The Morgan fingerprint density at radius 2 is 2.03 bits per heavy atom. The molecule has 0 aliphatic heterocycles. The van der Waals surface area contributed by atoms with Crippen molar-refractivity contribution in [2.45, 2.75) is 57.7 Å². The molecular weight excluding hydrogens is 442 g/mol. The summed E-state index contributed by atoms with van der Waals surface area (Å²) in [7, 11) is 1.53. The van der Waals surface area contributed by atoms with Crippen molar-refractivity contribution >= 4 is 22.5 Å². The van der Waals surface area contributed by atoms with Crippen LogP contribution in [0.3, 0.4) is 0 Å². The lowest BCUT2D eigenvalue weighted by atomic mass is 9.84. The van der Waals surface area contributed by atoms with E-state index in [1.165, 1.54) is 13.2 Å². The summed E-state index contributed by atoms with van der Waals surface area (Å²) < 4.78 is 37.0. The van der Waals surface area contributed by atoms with E-state index < -0.39 is 18.1 Å². The lowest BCUT2D eigenvalue weighted by Gasteiger charge is -2.33. The molecule has 0 atom stereocenters. The standard InChI is InChI=1S/C24H28F2N6O2/c1-14-27-20-18(26)12-15(13-19(20)31(14)11-9-25)17-6-10-32-21(17)22(34-3)29-23(30-32)28-16-4-7-24(2,33)8-5-16/h6,10,12-13,16,33H,4-5,7-9,11H2,1-3H3,(H,28,30). The first-order valence-corrected chi connectivity index (χ1v) is 11.4. The largest absolute Gasteiger partial charge is 0.479 e. The highest BCUT2D eigenvalue weighted by Crippen LogP contribution is 2.35. The molecule has 8 nitrogen and oxygen atoms in total. The van der Waals surface area contributed by atoms with Crippen molar-refractivity contribution < 1.29 is 18.6 Å². The maximum atomic E-state index is 15.0. The average Bonchev–Trinajstić information content (AvgIpc) is 3.37. The lowest BCUT2D eigenvalue weighted by molar-refractivity contribution is 0.0195. The second-order valence-electron chi connectivity index (χ2n) is 9.21. The summed E-state index contributed by atoms with van der Waals surface area (Å²) in [5.74, 6) is 0.871. The number of benzene rings is 1. The molecular formula is C24H28F2N6O2. The summed E-state index contributed by atoms with van der Waals surface area (Å²) in [6.45, 7) is 3.15. The van der Waals surface area contributed by atoms with Gasteiger partial charge in [0.2, 0.25) is 11.8 Å². The highest BCUT2D eigenvalue weighted by atomic mass is 19.1. The van der Waals surface area contributed by atoms with Crippen molar-refractivity contribution in [2.24, 2.45) is 0 Å². The molecule has 0 amide bonds. The molecule has 1 saturated carbocycles. The Kier molecular flexibility index (Phi) is 5.63. The van der Waals surface area contributed by atoms with Crippen molar-refractivity contribution in [3.63, 3.8) is 0 Å². The minimum absolute atomic E-state index is 0.111. The number of nitrogens with one attached hydrogen (secondary N) is 1. The summed E-state index contributed by atoms with van der Waals surface area (Å²) in [6, 6.07) is 5.22. The molecule has 1 aliphatic carbocycles. The van der Waals surface area contributed by atoms with E-state index in [9.17, 15) is 13.9 Å². The molecule has 0 unspecified atom stereocenters. The second kappa shape index (κ2) is 8.50. The van der Waals surface area contributed by atoms with Gasteiger partial charge >= 0.3 is 0 Å². The fraction of sp³-hybridized carbons (Fsp3) is 0.458. The van der Waals surface area contributed by atoms with Crippen molar-refractivity contribution in [2.75, 3.05) is 19.1 Å². The predicted octanol–water partition coefficient (Wildman–Crippen LogP) is 4.28. The van der Waals surface area contributed by atoms with Crippen LogP contribution >= 0.6 is 0 Å². The number of ether oxygens (including phenoxy) is 1. The molecule has 0 radical (unpaired) electrons. The molecule has 180 valence electrons. The van der Waals surface area contributed by atoms with E-state index in [0.29, 0.717) is 52.7 Å². The molecule has 1 aromatic carbocycles. The summed E-state index contributed by atoms with van der Waals surface area (Å²) in [6.07, 6.45) is 4.84. The van der Waals surface area contributed by atoms with Gasteiger partial charge in [0.05, 0.1) is 24.8 Å². The number of alkyl halides is 1. The maximum absolute atomic E-state index is 15.0. The number of anilines is 1. The number of aromatic nitrogens is 5. The van der Waals surface area contributed by atoms with E-state index >= 15 is 0 Å². The van der Waals surface area contributed by atoms with E-state index in [1.807, 2.05) is 19.1 Å². The fourth-order valence-corrected chi connectivity index (χ4v) is 4.81. The molecule has 4 aromatic rings. The molecule has 2 N–H and O–H groups in total. The smallest absolute Gasteiger partial charge is 0.244 e. The average molecular weight is 471 g/mol. The fourth-order valence-electron chi connectivity index (χ4n) is 4.81. The van der Waals surface area contributed by atoms with Crippen molar-refractivity contribution in [1.29, 1.82) is 0 Å². The Morgan fingerprint density at radius 1 is 1.26 bits per heavy atom. The van der Waals surface area contributed by atoms with Crippen molar-refractivity contribution in [1.82, 2.24) is 24.1 Å². The van der Waals surface area contributed by atoms with Gasteiger partial charge in [-0.25, -0.2) is 18.3 Å². The van der Waals surface area contributed by atoms with Gasteiger partial charge in [0.15, 0.2) is 5.82 Å². The third kappa shape index (κ3) is 3.96. The van der Waals surface area contributed by atoms with E-state index in [4.69, 9.17) is 4.74 Å². The number of rotatable bonds is 6. The van der Waals surface area contributed by atoms with E-state index in [-0.39, 0.29) is 18.1 Å². The van der Waals surface area contributed by atoms with Crippen LogP contribution < -0.4 is 10.1 Å². The Morgan fingerprint density at radius 3 is 2.74 bits per heavy atom. The number of aliphatic hydroxyl groups is 1. The highest BCUT2D eigenvalue weighted by molar-refractivity contribution is 5.90. The van der Waals surface area contributed by atoms with Crippen LogP contribution in [0.5, 0.6) is 5.88 Å². The molecule has 3 aromatic heterocycles. The predicted molar refractivity (Wildman–Crippen MR) is 125 cm³/mol. The van der Waals surface area contributed by atoms with Gasteiger partial charge in [0.1, 0.15) is 23.5 Å². The van der Waals surface area contributed by atoms with E-state index in [2.05, 4.69) is 20.4 Å². The third-order valence-corrected chi connectivity index (χ3v) is 6.69. The van der Waals surface area contributed by atoms with Crippen LogP contribution in [0.25, 0.3) is 27.7 Å². The van der Waals surface area contributed by atoms with Crippen molar-refractivity contribution in [3.8, 4) is 17.0 Å². The number of aryl methyl sites for hydroxylation is 2. The Hall–Kier alpha value is -3.27. The lowest BCUT2D eigenvalue weighted by Crippen LogP contribution is -2.36. The first-order valence-electron chi connectivity index (χ1n) is 11.4. The monoisotopic (exact) mass is 470 g/mol. The van der Waals surface area contributed by atoms with Crippen LogP contribution in [-0.4, -0.2) is 54.7 Å². The zero-order chi connectivity index (χ0) is 24.0. The van der Waals surface area contributed by atoms with Gasteiger partial charge in [-0.05, 0) is 63.3 Å². The van der Waals surface area contributed by atoms with Gasteiger partial charge in [-0.2, -0.15) is 4.98 Å². The SMILES string of the molecule is COc1nc(NC2CCC(C)(O)CC2)nn2ccc(-c3cc(F)c4nc(C)n(CCF)c4c3)c12. The zero-order valence-electron chi connectivity index (χ0n) is 19.5. The minimum atomic E-state index is -0.621. The quantitative estimate of drug-likeness (QED) is 0.437. The first kappa shape index (κ1) is 22.5. The second-order valence-corrected chi connectivity index (χ2v) is 9.21. The zero-order valence-corrected chi connectivity index (χ0v) is 19.5. The summed E-state index contributed by atoms with van der Waals surface area (Å²) in [4.78, 5) is 8.82. The summed E-state index contributed by atoms with van der Waals surface area (Å²) in [5, 5.41) is 18.1. The summed E-state index contributed by atoms with van der Waals surface area (Å²) >= 11 is 0. The Bertz CT molecular complexity index is 1350. The number of methoxy groups -OCH3 is 1. The molecule has 0 spiro atoms. The van der Waals surface area contributed by atoms with Gasteiger partial charge in [-0.1, -0.05) is 0 Å². The van der Waals surface area contributed by atoms with Crippen LogP contribution in [0.15, 0.2) is 24.4 Å². The van der Waals surface area contributed by atoms with Crippen LogP contribution in [-0.2, 0) is 6.54 Å². The number of halogens is 2. The molecule has 1 aliphatic rings. The molecule has 10 heteroatoms. The molecule has 34 heavy (non-hydrogen) atoms. The van der Waals surface area contributed by atoms with Crippen LogP contribution in [0, 0.1) is 12.7 Å². The maximum Gasteiger partial charge on any atom is 0.244 e.